The molecule has 1 N–H and O–H groups in total. The Labute approximate surface area is 132 Å². The van der Waals surface area contributed by atoms with Crippen molar-refractivity contribution in [3.05, 3.63) is 47.5 Å². The molecule has 0 saturated carbocycles. The quantitative estimate of drug-likeness (QED) is 0.921. The number of benzene rings is 2. The van der Waals surface area contributed by atoms with Crippen LogP contribution in [0.5, 0.6) is 5.75 Å². The van der Waals surface area contributed by atoms with Gasteiger partial charge in [-0.3, -0.25) is 0 Å². The topological polar surface area (TPSA) is 55.4 Å². The van der Waals surface area contributed by atoms with Crippen molar-refractivity contribution >= 4 is 10.0 Å². The summed E-state index contributed by atoms with van der Waals surface area (Å²) in [6, 6.07) is 11.2. The van der Waals surface area contributed by atoms with Crippen LogP contribution < -0.4 is 9.46 Å². The van der Waals surface area contributed by atoms with Gasteiger partial charge < -0.3 is 4.74 Å². The lowest BCUT2D eigenvalue weighted by molar-refractivity contribution is 0.414. The summed E-state index contributed by atoms with van der Waals surface area (Å²) in [5.74, 6) is 0.827. The molecule has 4 nitrogen and oxygen atoms in total. The van der Waals surface area contributed by atoms with Crippen molar-refractivity contribution in [1.29, 1.82) is 0 Å². The molecule has 2 aromatic rings. The molecular formula is C17H21NO3S. The van der Waals surface area contributed by atoms with Gasteiger partial charge in [-0.15, -0.1) is 0 Å². The minimum Gasteiger partial charge on any atom is -0.497 e. The van der Waals surface area contributed by atoms with Crippen LogP contribution in [-0.2, 0) is 16.4 Å². The van der Waals surface area contributed by atoms with Crippen molar-refractivity contribution in [1.82, 2.24) is 4.72 Å². The highest BCUT2D eigenvalue weighted by atomic mass is 32.2. The molecule has 118 valence electrons. The molecule has 0 unspecified atom stereocenters. The van der Waals surface area contributed by atoms with E-state index in [-0.39, 0.29) is 4.90 Å². The summed E-state index contributed by atoms with van der Waals surface area (Å²) in [4.78, 5) is 0.280. The van der Waals surface area contributed by atoms with Crippen molar-refractivity contribution in [2.75, 3.05) is 14.2 Å². The summed E-state index contributed by atoms with van der Waals surface area (Å²) in [6.07, 6.45) is 0.878. The van der Waals surface area contributed by atoms with E-state index >= 15 is 0 Å². The van der Waals surface area contributed by atoms with E-state index in [1.807, 2.05) is 31.2 Å². The predicted molar refractivity (Wildman–Crippen MR) is 88.8 cm³/mol. The first-order chi connectivity index (χ1) is 10.4. The summed E-state index contributed by atoms with van der Waals surface area (Å²) >= 11 is 0. The fourth-order valence-electron chi connectivity index (χ4n) is 2.48. The van der Waals surface area contributed by atoms with Gasteiger partial charge in [0.25, 0.3) is 0 Å². The number of hydrogen-bond acceptors (Lipinski definition) is 3. The minimum atomic E-state index is -3.42. The molecule has 22 heavy (non-hydrogen) atoms. The van der Waals surface area contributed by atoms with Gasteiger partial charge in [-0.1, -0.05) is 19.1 Å². The second-order valence-electron chi connectivity index (χ2n) is 5.06. The van der Waals surface area contributed by atoms with Crippen LogP contribution in [0.2, 0.25) is 0 Å². The van der Waals surface area contributed by atoms with Crippen LogP contribution in [0.1, 0.15) is 18.1 Å². The maximum Gasteiger partial charge on any atom is 0.240 e. The second kappa shape index (κ2) is 6.50. The third-order valence-corrected chi connectivity index (χ3v) is 5.17. The monoisotopic (exact) mass is 319 g/mol. The van der Waals surface area contributed by atoms with Crippen molar-refractivity contribution in [3.8, 4) is 16.9 Å². The van der Waals surface area contributed by atoms with Gasteiger partial charge in [0.1, 0.15) is 5.75 Å². The highest BCUT2D eigenvalue weighted by molar-refractivity contribution is 7.89. The normalized spacial score (nSPS) is 11.5. The second-order valence-corrected chi connectivity index (χ2v) is 6.95. The van der Waals surface area contributed by atoms with Gasteiger partial charge >= 0.3 is 0 Å². The molecule has 2 rings (SSSR count). The number of sulfonamides is 1. The summed E-state index contributed by atoms with van der Waals surface area (Å²) in [6.45, 7) is 4.02. The van der Waals surface area contributed by atoms with Crippen molar-refractivity contribution in [3.63, 3.8) is 0 Å². The zero-order chi connectivity index (χ0) is 16.3. The van der Waals surface area contributed by atoms with Crippen molar-refractivity contribution in [2.45, 2.75) is 25.2 Å². The molecule has 2 aromatic carbocycles. The first-order valence-electron chi connectivity index (χ1n) is 7.14. The number of hydrogen-bond donors (Lipinski definition) is 1. The zero-order valence-electron chi connectivity index (χ0n) is 13.3. The Morgan fingerprint density at radius 2 is 1.77 bits per heavy atom. The van der Waals surface area contributed by atoms with Crippen LogP contribution in [0, 0.1) is 6.92 Å². The average Bonchev–Trinajstić information content (AvgIpc) is 2.54. The molecule has 0 radical (unpaired) electrons. The first-order valence-corrected chi connectivity index (χ1v) is 8.62. The van der Waals surface area contributed by atoms with E-state index in [1.54, 1.807) is 19.2 Å². The average molecular weight is 319 g/mol. The van der Waals surface area contributed by atoms with Gasteiger partial charge in [-0.05, 0) is 66.9 Å². The number of methoxy groups -OCH3 is 1. The summed E-state index contributed by atoms with van der Waals surface area (Å²) in [5.41, 5.74) is 4.24. The first kappa shape index (κ1) is 16.5. The molecule has 0 heterocycles. The molecule has 0 aliphatic heterocycles. The van der Waals surface area contributed by atoms with Gasteiger partial charge in [0.15, 0.2) is 0 Å². The molecule has 0 aromatic heterocycles. The summed E-state index contributed by atoms with van der Waals surface area (Å²) in [5, 5.41) is 0. The molecular weight excluding hydrogens is 298 g/mol. The van der Waals surface area contributed by atoms with Gasteiger partial charge in [0.2, 0.25) is 10.0 Å². The third kappa shape index (κ3) is 3.15. The number of aryl methyl sites for hydroxylation is 2. The SMILES string of the molecule is CCc1cc(OC)ccc1-c1ccc(S(=O)(=O)NC)cc1C. The highest BCUT2D eigenvalue weighted by Crippen LogP contribution is 2.31. The van der Waals surface area contributed by atoms with Gasteiger partial charge in [-0.25, -0.2) is 13.1 Å². The number of ether oxygens (including phenoxy) is 1. The smallest absolute Gasteiger partial charge is 0.240 e. The lowest BCUT2D eigenvalue weighted by Gasteiger charge is -2.14. The highest BCUT2D eigenvalue weighted by Gasteiger charge is 2.14. The van der Waals surface area contributed by atoms with Crippen LogP contribution >= 0.6 is 0 Å². The van der Waals surface area contributed by atoms with E-state index in [1.165, 1.54) is 12.6 Å². The molecule has 0 aliphatic rings. The van der Waals surface area contributed by atoms with E-state index in [2.05, 4.69) is 11.6 Å². The summed E-state index contributed by atoms with van der Waals surface area (Å²) in [7, 11) is -0.352. The van der Waals surface area contributed by atoms with E-state index in [0.717, 1.165) is 28.9 Å². The van der Waals surface area contributed by atoms with Gasteiger partial charge in [0.05, 0.1) is 12.0 Å². The van der Waals surface area contributed by atoms with Crippen LogP contribution in [-0.4, -0.2) is 22.6 Å². The Bertz CT molecular complexity index is 782. The van der Waals surface area contributed by atoms with E-state index in [4.69, 9.17) is 4.74 Å². The fraction of sp³-hybridized carbons (Fsp3) is 0.294. The van der Waals surface area contributed by atoms with Crippen LogP contribution in [0.25, 0.3) is 11.1 Å². The van der Waals surface area contributed by atoms with Gasteiger partial charge in [-0.2, -0.15) is 0 Å². The molecule has 0 spiro atoms. The number of rotatable bonds is 5. The maximum absolute atomic E-state index is 11.9. The number of nitrogens with one attached hydrogen (secondary N) is 1. The Kier molecular flexibility index (Phi) is 4.88. The van der Waals surface area contributed by atoms with E-state index in [0.29, 0.717) is 0 Å². The van der Waals surface area contributed by atoms with E-state index < -0.39 is 10.0 Å². The lowest BCUT2D eigenvalue weighted by Crippen LogP contribution is -2.18. The van der Waals surface area contributed by atoms with Crippen LogP contribution in [0.15, 0.2) is 41.3 Å². The predicted octanol–water partition coefficient (Wildman–Crippen LogP) is 3.14. The van der Waals surface area contributed by atoms with Crippen LogP contribution in [0.3, 0.4) is 0 Å². The van der Waals surface area contributed by atoms with Crippen molar-refractivity contribution < 1.29 is 13.2 Å². The minimum absolute atomic E-state index is 0.280. The Hall–Kier alpha value is -1.85. The largest absolute Gasteiger partial charge is 0.497 e. The van der Waals surface area contributed by atoms with Crippen molar-refractivity contribution in [2.24, 2.45) is 0 Å². The molecule has 0 atom stereocenters. The molecule has 0 amide bonds. The third-order valence-electron chi connectivity index (χ3n) is 3.76. The molecule has 0 saturated heterocycles. The van der Waals surface area contributed by atoms with Crippen LogP contribution in [0.4, 0.5) is 0 Å². The van der Waals surface area contributed by atoms with E-state index in [9.17, 15) is 8.42 Å². The van der Waals surface area contributed by atoms with Gasteiger partial charge in [0, 0.05) is 0 Å². The lowest BCUT2D eigenvalue weighted by atomic mass is 9.94. The Morgan fingerprint density at radius 3 is 2.32 bits per heavy atom. The molecule has 0 bridgehead atoms. The standard InChI is InChI=1S/C17H21NO3S/c1-5-13-11-14(21-4)6-8-17(13)16-9-7-15(10-12(16)2)22(19,20)18-3/h6-11,18H,5H2,1-4H3. The Balaban J connectivity index is 2.55. The molecule has 5 heteroatoms. The molecule has 0 aliphatic carbocycles. The zero-order valence-corrected chi connectivity index (χ0v) is 14.1. The Morgan fingerprint density at radius 1 is 1.09 bits per heavy atom. The fourth-order valence-corrected chi connectivity index (χ4v) is 3.29. The molecule has 0 fully saturated rings. The summed E-state index contributed by atoms with van der Waals surface area (Å²) < 4.78 is 31.4. The maximum atomic E-state index is 11.9.